The number of ether oxygens (including phenoxy) is 1. The third-order valence-corrected chi connectivity index (χ3v) is 4.29. The molecule has 0 spiro atoms. The molecule has 0 saturated carbocycles. The molecule has 0 radical (unpaired) electrons. The fourth-order valence-corrected chi connectivity index (χ4v) is 3.38. The Morgan fingerprint density at radius 3 is 2.48 bits per heavy atom. The van der Waals surface area contributed by atoms with E-state index in [1.807, 2.05) is 0 Å². The number of nitrogens with zero attached hydrogens (tertiary/aromatic N) is 1. The van der Waals surface area contributed by atoms with Crippen LogP contribution >= 0.6 is 0 Å². The molecule has 1 aromatic carbocycles. The first-order valence-electron chi connectivity index (χ1n) is 8.22. The van der Waals surface area contributed by atoms with Gasteiger partial charge in [0.05, 0.1) is 0 Å². The molecule has 3 nitrogen and oxygen atoms in total. The molecule has 1 saturated heterocycles. The Hall–Kier alpha value is -1.27. The molecule has 1 unspecified atom stereocenters. The van der Waals surface area contributed by atoms with E-state index in [0.717, 1.165) is 39.0 Å². The fraction of sp³-hybridized carbons (Fsp3) is 0.647. The summed E-state index contributed by atoms with van der Waals surface area (Å²) in [6, 6.07) is 6.49. The summed E-state index contributed by atoms with van der Waals surface area (Å²) in [4.78, 5) is 2.27. The smallest absolute Gasteiger partial charge is 0.405 e. The van der Waals surface area contributed by atoms with Gasteiger partial charge in [-0.25, -0.2) is 0 Å². The second-order valence-electron chi connectivity index (χ2n) is 6.08. The van der Waals surface area contributed by atoms with Crippen LogP contribution in [-0.4, -0.2) is 37.4 Å². The van der Waals surface area contributed by atoms with Gasteiger partial charge in [0.2, 0.25) is 0 Å². The molecule has 1 N–H and O–H groups in total. The Bertz CT molecular complexity index is 487. The summed E-state index contributed by atoms with van der Waals surface area (Å²) in [5.41, 5.74) is 0.632. The van der Waals surface area contributed by atoms with Crippen LogP contribution in [0.15, 0.2) is 24.3 Å². The van der Waals surface area contributed by atoms with Gasteiger partial charge in [0.1, 0.15) is 5.75 Å². The molecule has 0 bridgehead atoms. The molecule has 23 heavy (non-hydrogen) atoms. The van der Waals surface area contributed by atoms with Crippen molar-refractivity contribution >= 4 is 0 Å². The molecule has 1 heterocycles. The molecule has 1 fully saturated rings. The van der Waals surface area contributed by atoms with Gasteiger partial charge in [-0.1, -0.05) is 38.5 Å². The average molecular weight is 330 g/mol. The van der Waals surface area contributed by atoms with Crippen molar-refractivity contribution in [3.63, 3.8) is 0 Å². The predicted molar refractivity (Wildman–Crippen MR) is 84.4 cm³/mol. The molecule has 6 heteroatoms. The molecule has 0 aromatic heterocycles. The van der Waals surface area contributed by atoms with Crippen LogP contribution in [0.5, 0.6) is 5.75 Å². The summed E-state index contributed by atoms with van der Waals surface area (Å²) in [6.07, 6.45) is -2.70. The minimum Gasteiger partial charge on any atom is -0.405 e. The van der Waals surface area contributed by atoms with Crippen LogP contribution in [0.25, 0.3) is 0 Å². The lowest BCUT2D eigenvalue weighted by atomic mass is 9.88. The van der Waals surface area contributed by atoms with Crippen molar-refractivity contribution in [2.45, 2.75) is 39.1 Å². The van der Waals surface area contributed by atoms with Gasteiger partial charge in [0.25, 0.3) is 0 Å². The number of alkyl halides is 3. The summed E-state index contributed by atoms with van der Waals surface area (Å²) in [7, 11) is 0. The minimum absolute atomic E-state index is 0.0596. The Labute approximate surface area is 135 Å². The van der Waals surface area contributed by atoms with Crippen molar-refractivity contribution in [2.75, 3.05) is 26.2 Å². The van der Waals surface area contributed by atoms with Crippen LogP contribution in [0, 0.1) is 5.92 Å². The maximum atomic E-state index is 12.7. The fourth-order valence-electron chi connectivity index (χ4n) is 3.38. The quantitative estimate of drug-likeness (QED) is 0.854. The van der Waals surface area contributed by atoms with Crippen LogP contribution in [0.4, 0.5) is 13.2 Å². The summed E-state index contributed by atoms with van der Waals surface area (Å²) in [6.45, 7) is 7.59. The predicted octanol–water partition coefficient (Wildman–Crippen LogP) is 3.97. The van der Waals surface area contributed by atoms with E-state index >= 15 is 0 Å². The van der Waals surface area contributed by atoms with Gasteiger partial charge in [-0.3, -0.25) is 4.90 Å². The van der Waals surface area contributed by atoms with Crippen molar-refractivity contribution in [1.82, 2.24) is 10.2 Å². The summed E-state index contributed by atoms with van der Waals surface area (Å²) < 4.78 is 42.5. The average Bonchev–Trinajstić information content (AvgIpc) is 2.49. The molecule has 2 rings (SSSR count). The van der Waals surface area contributed by atoms with Gasteiger partial charge in [-0.05, 0) is 18.4 Å². The molecule has 1 aliphatic heterocycles. The molecular formula is C17H25F3N2O. The van der Waals surface area contributed by atoms with Gasteiger partial charge in [0, 0.05) is 37.8 Å². The molecular weight excluding hydrogens is 305 g/mol. The van der Waals surface area contributed by atoms with Gasteiger partial charge in [-0.2, -0.15) is 0 Å². The lowest BCUT2D eigenvalue weighted by Gasteiger charge is -2.39. The summed E-state index contributed by atoms with van der Waals surface area (Å²) in [5.74, 6) is 0.183. The number of nitrogens with one attached hydrogen (secondary N) is 1. The second kappa shape index (κ2) is 8.02. The number of hydrogen-bond donors (Lipinski definition) is 1. The zero-order valence-corrected chi connectivity index (χ0v) is 13.7. The van der Waals surface area contributed by atoms with Crippen molar-refractivity contribution in [3.05, 3.63) is 29.8 Å². The molecule has 0 aliphatic carbocycles. The summed E-state index contributed by atoms with van der Waals surface area (Å²) in [5, 5.41) is 3.29. The molecule has 130 valence electrons. The van der Waals surface area contributed by atoms with E-state index in [9.17, 15) is 13.2 Å². The van der Waals surface area contributed by atoms with Crippen molar-refractivity contribution in [2.24, 2.45) is 5.92 Å². The van der Waals surface area contributed by atoms with Crippen LogP contribution in [0.3, 0.4) is 0 Å². The van der Waals surface area contributed by atoms with Gasteiger partial charge < -0.3 is 10.1 Å². The van der Waals surface area contributed by atoms with Crippen LogP contribution < -0.4 is 10.1 Å². The van der Waals surface area contributed by atoms with Gasteiger partial charge >= 0.3 is 6.36 Å². The monoisotopic (exact) mass is 330 g/mol. The lowest BCUT2D eigenvalue weighted by molar-refractivity contribution is -0.275. The highest BCUT2D eigenvalue weighted by Crippen LogP contribution is 2.38. The zero-order valence-electron chi connectivity index (χ0n) is 13.7. The molecule has 0 amide bonds. The first-order valence-corrected chi connectivity index (χ1v) is 8.22. The Morgan fingerprint density at radius 1 is 1.22 bits per heavy atom. The minimum atomic E-state index is -4.67. The van der Waals surface area contributed by atoms with Crippen molar-refractivity contribution < 1.29 is 17.9 Å². The number of halogens is 3. The van der Waals surface area contributed by atoms with E-state index in [1.165, 1.54) is 6.07 Å². The first-order chi connectivity index (χ1) is 10.9. The standard InChI is InChI=1S/C17H25F3N2O/c1-3-6-13(2)16(22-11-9-21-10-12-22)14-7-4-5-8-15(14)23-17(18,19)20/h4-5,7-8,13,16,21H,3,6,9-12H2,1-2H3/t13?,16-/m0/s1. The zero-order chi connectivity index (χ0) is 16.9. The molecule has 1 aliphatic rings. The van der Waals surface area contributed by atoms with Crippen LogP contribution in [0.2, 0.25) is 0 Å². The van der Waals surface area contributed by atoms with E-state index < -0.39 is 6.36 Å². The Morgan fingerprint density at radius 2 is 1.87 bits per heavy atom. The highest BCUT2D eigenvalue weighted by Gasteiger charge is 2.35. The van der Waals surface area contributed by atoms with E-state index in [-0.39, 0.29) is 17.7 Å². The molecule has 2 atom stereocenters. The Kier molecular flexibility index (Phi) is 6.30. The van der Waals surface area contributed by atoms with Crippen molar-refractivity contribution in [1.29, 1.82) is 0 Å². The number of piperazine rings is 1. The highest BCUT2D eigenvalue weighted by atomic mass is 19.4. The van der Waals surface area contributed by atoms with Crippen LogP contribution in [-0.2, 0) is 0 Å². The maximum Gasteiger partial charge on any atom is 0.573 e. The normalized spacial score (nSPS) is 19.3. The maximum absolute atomic E-state index is 12.7. The molecule has 1 aromatic rings. The first kappa shape index (κ1) is 18.1. The van der Waals surface area contributed by atoms with Crippen molar-refractivity contribution in [3.8, 4) is 5.75 Å². The van der Waals surface area contributed by atoms with Gasteiger partial charge in [-0.15, -0.1) is 13.2 Å². The largest absolute Gasteiger partial charge is 0.573 e. The number of para-hydroxylation sites is 1. The number of rotatable bonds is 6. The third-order valence-electron chi connectivity index (χ3n) is 4.29. The SMILES string of the molecule is CCCC(C)[C@@H](c1ccccc1OC(F)(F)F)N1CCNCC1. The highest BCUT2D eigenvalue weighted by molar-refractivity contribution is 5.36. The van der Waals surface area contributed by atoms with E-state index in [1.54, 1.807) is 18.2 Å². The van der Waals surface area contributed by atoms with Crippen LogP contribution in [0.1, 0.15) is 38.3 Å². The number of hydrogen-bond acceptors (Lipinski definition) is 3. The summed E-state index contributed by atoms with van der Waals surface area (Å²) >= 11 is 0. The topological polar surface area (TPSA) is 24.5 Å². The van der Waals surface area contributed by atoms with Gasteiger partial charge in [0.15, 0.2) is 0 Å². The van der Waals surface area contributed by atoms with E-state index in [2.05, 4.69) is 28.8 Å². The van der Waals surface area contributed by atoms with E-state index in [0.29, 0.717) is 5.56 Å². The second-order valence-corrected chi connectivity index (χ2v) is 6.08. The Balaban J connectivity index is 2.34. The number of benzene rings is 1. The third kappa shape index (κ3) is 5.11. The van der Waals surface area contributed by atoms with E-state index in [4.69, 9.17) is 0 Å². The lowest BCUT2D eigenvalue weighted by Crippen LogP contribution is -2.46.